The molecular weight excluding hydrogens is 354 g/mol. The minimum absolute atomic E-state index is 0.0663. The summed E-state index contributed by atoms with van der Waals surface area (Å²) in [4.78, 5) is 30.4. The smallest absolute Gasteiger partial charge is 0.256 e. The molecule has 1 spiro atoms. The first-order valence-electron chi connectivity index (χ1n) is 10.4. The molecule has 6 nitrogen and oxygen atoms in total. The van der Waals surface area contributed by atoms with Crippen LogP contribution in [-0.4, -0.2) is 64.4 Å². The molecule has 0 N–H and O–H groups in total. The first kappa shape index (κ1) is 17.7. The van der Waals surface area contributed by atoms with Crippen molar-refractivity contribution in [3.05, 3.63) is 42.2 Å². The van der Waals surface area contributed by atoms with E-state index in [0.717, 1.165) is 43.2 Å². The van der Waals surface area contributed by atoms with Gasteiger partial charge in [0.25, 0.3) is 5.91 Å². The summed E-state index contributed by atoms with van der Waals surface area (Å²) in [7, 11) is 0. The fraction of sp³-hybridized carbons (Fsp3) is 0.545. The van der Waals surface area contributed by atoms with Crippen LogP contribution < -0.4 is 0 Å². The second-order valence-corrected chi connectivity index (χ2v) is 8.37. The van der Waals surface area contributed by atoms with Crippen molar-refractivity contribution in [2.75, 3.05) is 32.8 Å². The molecule has 28 heavy (non-hydrogen) atoms. The molecule has 2 saturated heterocycles. The lowest BCUT2D eigenvalue weighted by molar-refractivity contribution is -0.143. The topological polar surface area (TPSA) is 54.3 Å². The molecule has 6 heteroatoms. The number of pyridine rings is 1. The largest absolute Gasteiger partial charge is 0.381 e. The molecule has 4 heterocycles. The standard InChI is InChI=1S/C22H27N3O3/c26-20(17-4-5-17)25-14-13-24(12-7-22(25)8-15-28-16-9-22)21(27)18-6-11-23-10-2-1-3-19(18)23/h1-3,6,10-11,17H,4-5,7-9,12-16H2. The van der Waals surface area contributed by atoms with Crippen LogP contribution in [0.25, 0.3) is 5.52 Å². The van der Waals surface area contributed by atoms with E-state index in [1.54, 1.807) is 0 Å². The van der Waals surface area contributed by atoms with Crippen molar-refractivity contribution in [1.29, 1.82) is 0 Å². The van der Waals surface area contributed by atoms with E-state index in [9.17, 15) is 9.59 Å². The van der Waals surface area contributed by atoms with Gasteiger partial charge in [0.1, 0.15) is 0 Å². The number of ether oxygens (including phenoxy) is 1. The number of rotatable bonds is 2. The van der Waals surface area contributed by atoms with Gasteiger partial charge in [-0.15, -0.1) is 0 Å². The highest BCUT2D eigenvalue weighted by atomic mass is 16.5. The first-order chi connectivity index (χ1) is 13.7. The highest BCUT2D eigenvalue weighted by Gasteiger charge is 2.46. The van der Waals surface area contributed by atoms with E-state index in [0.29, 0.717) is 38.8 Å². The SMILES string of the molecule is O=C(c1ccn2ccccc12)N1CCN(C(=O)C2CC2)C2(CCOCC2)CC1. The Morgan fingerprint density at radius 1 is 0.964 bits per heavy atom. The quantitative estimate of drug-likeness (QED) is 0.803. The van der Waals surface area contributed by atoms with Crippen LogP contribution in [0.4, 0.5) is 0 Å². The number of fused-ring (bicyclic) bond motifs is 1. The Balaban J connectivity index is 1.41. The van der Waals surface area contributed by atoms with Crippen molar-refractivity contribution in [1.82, 2.24) is 14.2 Å². The molecule has 2 aromatic rings. The molecule has 5 rings (SSSR count). The molecule has 0 atom stereocenters. The molecule has 3 aliphatic rings. The van der Waals surface area contributed by atoms with E-state index in [-0.39, 0.29) is 17.4 Å². The van der Waals surface area contributed by atoms with Crippen LogP contribution in [0.15, 0.2) is 36.7 Å². The van der Waals surface area contributed by atoms with E-state index in [1.165, 1.54) is 0 Å². The molecular formula is C22H27N3O3. The zero-order valence-electron chi connectivity index (χ0n) is 16.2. The summed E-state index contributed by atoms with van der Waals surface area (Å²) >= 11 is 0. The van der Waals surface area contributed by atoms with Crippen molar-refractivity contribution in [2.24, 2.45) is 5.92 Å². The summed E-state index contributed by atoms with van der Waals surface area (Å²) in [6.07, 6.45) is 8.52. The maximum absolute atomic E-state index is 13.3. The van der Waals surface area contributed by atoms with Gasteiger partial charge < -0.3 is 18.9 Å². The van der Waals surface area contributed by atoms with Crippen LogP contribution in [-0.2, 0) is 9.53 Å². The van der Waals surface area contributed by atoms with Crippen LogP contribution in [0.1, 0.15) is 42.5 Å². The van der Waals surface area contributed by atoms with Crippen LogP contribution in [0.2, 0.25) is 0 Å². The van der Waals surface area contributed by atoms with Gasteiger partial charge in [-0.25, -0.2) is 0 Å². The summed E-state index contributed by atoms with van der Waals surface area (Å²) in [5.41, 5.74) is 1.53. The molecule has 1 aliphatic carbocycles. The molecule has 0 bridgehead atoms. The van der Waals surface area contributed by atoms with Gasteiger partial charge in [-0.1, -0.05) is 6.07 Å². The van der Waals surface area contributed by atoms with Crippen molar-refractivity contribution < 1.29 is 14.3 Å². The number of aromatic nitrogens is 1. The second kappa shape index (κ2) is 6.92. The third-order valence-electron chi connectivity index (χ3n) is 6.71. The molecule has 0 aromatic carbocycles. The molecule has 148 valence electrons. The molecule has 1 saturated carbocycles. The van der Waals surface area contributed by atoms with Gasteiger partial charge >= 0.3 is 0 Å². The van der Waals surface area contributed by atoms with E-state index in [4.69, 9.17) is 4.74 Å². The normalized spacial score (nSPS) is 22.4. The molecule has 2 aromatic heterocycles. The van der Waals surface area contributed by atoms with Crippen molar-refractivity contribution >= 4 is 17.3 Å². The Hall–Kier alpha value is -2.34. The minimum Gasteiger partial charge on any atom is -0.381 e. The van der Waals surface area contributed by atoms with Crippen molar-refractivity contribution in [3.63, 3.8) is 0 Å². The van der Waals surface area contributed by atoms with Crippen LogP contribution in [0.3, 0.4) is 0 Å². The van der Waals surface area contributed by atoms with Gasteiger partial charge in [-0.05, 0) is 50.3 Å². The monoisotopic (exact) mass is 381 g/mol. The maximum atomic E-state index is 13.3. The van der Waals surface area contributed by atoms with Crippen molar-refractivity contribution in [2.45, 2.75) is 37.6 Å². The van der Waals surface area contributed by atoms with E-state index < -0.39 is 0 Å². The Kier molecular flexibility index (Phi) is 4.38. The average molecular weight is 381 g/mol. The van der Waals surface area contributed by atoms with E-state index in [2.05, 4.69) is 4.90 Å². The average Bonchev–Trinajstić information content (AvgIpc) is 3.51. The minimum atomic E-state index is -0.143. The van der Waals surface area contributed by atoms with Gasteiger partial charge in [-0.3, -0.25) is 9.59 Å². The number of nitrogens with zero attached hydrogens (tertiary/aromatic N) is 3. The van der Waals surface area contributed by atoms with Gasteiger partial charge in [0.15, 0.2) is 0 Å². The fourth-order valence-electron chi connectivity index (χ4n) is 4.82. The van der Waals surface area contributed by atoms with Gasteiger partial charge in [0, 0.05) is 56.7 Å². The predicted molar refractivity (Wildman–Crippen MR) is 105 cm³/mol. The number of hydrogen-bond acceptors (Lipinski definition) is 3. The van der Waals surface area contributed by atoms with Crippen LogP contribution in [0.5, 0.6) is 0 Å². The summed E-state index contributed by atoms with van der Waals surface area (Å²) in [6.45, 7) is 3.33. The lowest BCUT2D eigenvalue weighted by Crippen LogP contribution is -2.55. The Bertz CT molecular complexity index is 895. The van der Waals surface area contributed by atoms with Gasteiger partial charge in [0.05, 0.1) is 11.1 Å². The number of hydrogen-bond donors (Lipinski definition) is 0. The highest BCUT2D eigenvalue weighted by molar-refractivity contribution is 6.01. The van der Waals surface area contributed by atoms with Crippen LogP contribution >= 0.6 is 0 Å². The third-order valence-corrected chi connectivity index (χ3v) is 6.71. The lowest BCUT2D eigenvalue weighted by Gasteiger charge is -2.45. The van der Waals surface area contributed by atoms with Crippen molar-refractivity contribution in [3.8, 4) is 0 Å². The summed E-state index contributed by atoms with van der Waals surface area (Å²) in [5, 5.41) is 0. The molecule has 2 amide bonds. The van der Waals surface area contributed by atoms with Gasteiger partial charge in [0.2, 0.25) is 5.91 Å². The fourth-order valence-corrected chi connectivity index (χ4v) is 4.82. The maximum Gasteiger partial charge on any atom is 0.256 e. The lowest BCUT2D eigenvalue weighted by atomic mass is 9.84. The predicted octanol–water partition coefficient (Wildman–Crippen LogP) is 2.57. The van der Waals surface area contributed by atoms with E-state index >= 15 is 0 Å². The van der Waals surface area contributed by atoms with Crippen LogP contribution in [0, 0.1) is 5.92 Å². The zero-order chi connectivity index (χ0) is 19.1. The molecule has 0 radical (unpaired) electrons. The summed E-state index contributed by atoms with van der Waals surface area (Å²) in [5.74, 6) is 0.569. The Labute approximate surface area is 165 Å². The summed E-state index contributed by atoms with van der Waals surface area (Å²) in [6, 6.07) is 7.80. The number of amides is 2. The van der Waals surface area contributed by atoms with Gasteiger partial charge in [-0.2, -0.15) is 0 Å². The molecule has 0 unspecified atom stereocenters. The van der Waals surface area contributed by atoms with E-state index in [1.807, 2.05) is 46.0 Å². The Morgan fingerprint density at radius 2 is 1.79 bits per heavy atom. The number of carbonyl (C=O) groups is 2. The number of carbonyl (C=O) groups excluding carboxylic acids is 2. The molecule has 2 aliphatic heterocycles. The molecule has 3 fully saturated rings. The third kappa shape index (κ3) is 3.00. The second-order valence-electron chi connectivity index (χ2n) is 8.37. The zero-order valence-corrected chi connectivity index (χ0v) is 16.2. The summed E-state index contributed by atoms with van der Waals surface area (Å²) < 4.78 is 7.58. The highest BCUT2D eigenvalue weighted by Crippen LogP contribution is 2.39. The first-order valence-corrected chi connectivity index (χ1v) is 10.4. The Morgan fingerprint density at radius 3 is 2.57 bits per heavy atom.